The maximum absolute atomic E-state index is 9.14. The van der Waals surface area contributed by atoms with Gasteiger partial charge in [0.2, 0.25) is 0 Å². The molecule has 1 aromatic heterocycles. The zero-order valence-electron chi connectivity index (χ0n) is 7.74. The lowest BCUT2D eigenvalue weighted by molar-refractivity contribution is 0.272. The number of nitrogens with zero attached hydrogens (tertiary/aromatic N) is 1. The second kappa shape index (κ2) is 4.48. The van der Waals surface area contributed by atoms with Crippen LogP contribution in [0.3, 0.4) is 0 Å². The number of hydrogen-bond donors (Lipinski definition) is 2. The van der Waals surface area contributed by atoms with Crippen molar-refractivity contribution < 1.29 is 9.84 Å². The Morgan fingerprint density at radius 2 is 2.31 bits per heavy atom. The molecule has 0 amide bonds. The quantitative estimate of drug-likeness (QED) is 0.721. The molecule has 1 N–H and O–H groups in total. The number of methoxy groups -OCH3 is 1. The van der Waals surface area contributed by atoms with E-state index in [2.05, 4.69) is 17.6 Å². The molecule has 0 fully saturated rings. The van der Waals surface area contributed by atoms with Gasteiger partial charge < -0.3 is 9.84 Å². The first-order valence-corrected chi connectivity index (χ1v) is 4.60. The van der Waals surface area contributed by atoms with Crippen LogP contribution >= 0.6 is 12.6 Å². The SMILES string of the molecule is COc1c(C)ncc(CS)c1CO. The molecule has 3 nitrogen and oxygen atoms in total. The molecule has 0 radical (unpaired) electrons. The second-order valence-corrected chi connectivity index (χ2v) is 3.01. The number of rotatable bonds is 3. The number of ether oxygens (including phenoxy) is 1. The highest BCUT2D eigenvalue weighted by Crippen LogP contribution is 2.25. The molecular formula is C9H13NO2S. The summed E-state index contributed by atoms with van der Waals surface area (Å²) in [6.45, 7) is 1.81. The lowest BCUT2D eigenvalue weighted by atomic mass is 10.1. The maximum Gasteiger partial charge on any atom is 0.145 e. The summed E-state index contributed by atoms with van der Waals surface area (Å²) in [6, 6.07) is 0. The molecule has 1 aromatic rings. The van der Waals surface area contributed by atoms with Crippen LogP contribution < -0.4 is 4.74 Å². The number of thiol groups is 1. The van der Waals surface area contributed by atoms with Gasteiger partial charge in [-0.2, -0.15) is 12.6 Å². The fourth-order valence-electron chi connectivity index (χ4n) is 1.26. The Morgan fingerprint density at radius 3 is 2.77 bits per heavy atom. The van der Waals surface area contributed by atoms with Gasteiger partial charge in [-0.15, -0.1) is 0 Å². The molecular weight excluding hydrogens is 186 g/mol. The molecule has 0 spiro atoms. The lowest BCUT2D eigenvalue weighted by Crippen LogP contribution is -2.01. The molecule has 1 heterocycles. The Labute approximate surface area is 83.2 Å². The fraction of sp³-hybridized carbons (Fsp3) is 0.444. The van der Waals surface area contributed by atoms with Crippen molar-refractivity contribution in [1.29, 1.82) is 0 Å². The second-order valence-electron chi connectivity index (χ2n) is 2.70. The largest absolute Gasteiger partial charge is 0.494 e. The summed E-state index contributed by atoms with van der Waals surface area (Å²) in [5.41, 5.74) is 2.48. The molecule has 0 saturated carbocycles. The maximum atomic E-state index is 9.14. The number of pyridine rings is 1. The minimum atomic E-state index is -0.0393. The summed E-state index contributed by atoms with van der Waals surface area (Å²) in [4.78, 5) is 4.14. The molecule has 0 bridgehead atoms. The first kappa shape index (κ1) is 10.3. The van der Waals surface area contributed by atoms with Crippen molar-refractivity contribution >= 4 is 12.6 Å². The number of aromatic nitrogens is 1. The van der Waals surface area contributed by atoms with Crippen LogP contribution in [0.15, 0.2) is 6.20 Å². The van der Waals surface area contributed by atoms with Crippen LogP contribution in [0.1, 0.15) is 16.8 Å². The number of hydrogen-bond acceptors (Lipinski definition) is 4. The van der Waals surface area contributed by atoms with E-state index in [4.69, 9.17) is 9.84 Å². The standard InChI is InChI=1S/C9H13NO2S/c1-6-9(12-2)8(4-11)7(5-13)3-10-6/h3,11,13H,4-5H2,1-2H3. The van der Waals surface area contributed by atoms with E-state index in [1.807, 2.05) is 6.92 Å². The van der Waals surface area contributed by atoms with Crippen LogP contribution in [0.4, 0.5) is 0 Å². The van der Waals surface area contributed by atoms with Crippen molar-refractivity contribution in [2.45, 2.75) is 19.3 Å². The Balaban J connectivity index is 3.27. The third kappa shape index (κ3) is 1.95. The van der Waals surface area contributed by atoms with Gasteiger partial charge in [0.25, 0.3) is 0 Å². The van der Waals surface area contributed by atoms with E-state index < -0.39 is 0 Å². The number of aliphatic hydroxyl groups excluding tert-OH is 1. The molecule has 0 aliphatic carbocycles. The molecule has 13 heavy (non-hydrogen) atoms. The van der Waals surface area contributed by atoms with E-state index in [-0.39, 0.29) is 6.61 Å². The van der Waals surface area contributed by atoms with E-state index in [0.717, 1.165) is 16.8 Å². The third-order valence-electron chi connectivity index (χ3n) is 1.94. The van der Waals surface area contributed by atoms with E-state index in [1.165, 1.54) is 0 Å². The highest BCUT2D eigenvalue weighted by atomic mass is 32.1. The highest BCUT2D eigenvalue weighted by Gasteiger charge is 2.10. The first-order chi connectivity index (χ1) is 6.24. The summed E-state index contributed by atoms with van der Waals surface area (Å²) >= 11 is 4.15. The van der Waals surface area contributed by atoms with Gasteiger partial charge >= 0.3 is 0 Å². The van der Waals surface area contributed by atoms with Crippen molar-refractivity contribution in [1.82, 2.24) is 4.98 Å². The smallest absolute Gasteiger partial charge is 0.145 e. The van der Waals surface area contributed by atoms with Crippen molar-refractivity contribution in [3.05, 3.63) is 23.0 Å². The molecule has 72 valence electrons. The molecule has 1 rings (SSSR count). The molecule has 0 aliphatic rings. The number of aliphatic hydroxyl groups is 1. The van der Waals surface area contributed by atoms with E-state index in [9.17, 15) is 0 Å². The molecule has 0 atom stereocenters. The van der Waals surface area contributed by atoms with Crippen molar-refractivity contribution in [3.8, 4) is 5.75 Å². The van der Waals surface area contributed by atoms with Gasteiger partial charge in [-0.05, 0) is 12.5 Å². The average Bonchev–Trinajstić information content (AvgIpc) is 2.17. The minimum Gasteiger partial charge on any atom is -0.494 e. The molecule has 0 aliphatic heterocycles. The fourth-order valence-corrected chi connectivity index (χ4v) is 1.53. The van der Waals surface area contributed by atoms with Gasteiger partial charge in [-0.3, -0.25) is 4.98 Å². The summed E-state index contributed by atoms with van der Waals surface area (Å²) in [7, 11) is 1.57. The van der Waals surface area contributed by atoms with Crippen LogP contribution in [-0.4, -0.2) is 17.2 Å². The van der Waals surface area contributed by atoms with Crippen LogP contribution in [0.5, 0.6) is 5.75 Å². The van der Waals surface area contributed by atoms with Crippen LogP contribution in [0.2, 0.25) is 0 Å². The van der Waals surface area contributed by atoms with E-state index in [1.54, 1.807) is 13.3 Å². The summed E-state index contributed by atoms with van der Waals surface area (Å²) in [6.07, 6.45) is 1.72. The summed E-state index contributed by atoms with van der Waals surface area (Å²) in [5, 5.41) is 9.14. The summed E-state index contributed by atoms with van der Waals surface area (Å²) in [5.74, 6) is 1.22. The van der Waals surface area contributed by atoms with Crippen molar-refractivity contribution in [2.24, 2.45) is 0 Å². The summed E-state index contributed by atoms with van der Waals surface area (Å²) < 4.78 is 5.15. The van der Waals surface area contributed by atoms with Crippen LogP contribution in [-0.2, 0) is 12.4 Å². The lowest BCUT2D eigenvalue weighted by Gasteiger charge is -2.11. The Hall–Kier alpha value is -0.740. The zero-order chi connectivity index (χ0) is 9.84. The van der Waals surface area contributed by atoms with Crippen molar-refractivity contribution in [3.63, 3.8) is 0 Å². The molecule has 0 aromatic carbocycles. The predicted octanol–water partition coefficient (Wildman–Crippen LogP) is 1.32. The average molecular weight is 199 g/mol. The Morgan fingerprint density at radius 1 is 1.62 bits per heavy atom. The predicted molar refractivity (Wildman–Crippen MR) is 54.1 cm³/mol. The molecule has 4 heteroatoms. The highest BCUT2D eigenvalue weighted by molar-refractivity contribution is 7.79. The van der Waals surface area contributed by atoms with Gasteiger partial charge in [0.05, 0.1) is 19.4 Å². The minimum absolute atomic E-state index is 0.0393. The van der Waals surface area contributed by atoms with Gasteiger partial charge in [0.15, 0.2) is 0 Å². The van der Waals surface area contributed by atoms with Crippen molar-refractivity contribution in [2.75, 3.05) is 7.11 Å². The molecule has 0 unspecified atom stereocenters. The van der Waals surface area contributed by atoms with Gasteiger partial charge in [0, 0.05) is 17.5 Å². The van der Waals surface area contributed by atoms with E-state index in [0.29, 0.717) is 11.5 Å². The normalized spacial score (nSPS) is 10.2. The van der Waals surface area contributed by atoms with Crippen LogP contribution in [0.25, 0.3) is 0 Å². The van der Waals surface area contributed by atoms with E-state index >= 15 is 0 Å². The first-order valence-electron chi connectivity index (χ1n) is 3.97. The van der Waals surface area contributed by atoms with Gasteiger partial charge in [-0.25, -0.2) is 0 Å². The zero-order valence-corrected chi connectivity index (χ0v) is 8.64. The topological polar surface area (TPSA) is 42.4 Å². The number of aryl methyl sites for hydroxylation is 1. The Bertz CT molecular complexity index is 302. The van der Waals surface area contributed by atoms with Gasteiger partial charge in [-0.1, -0.05) is 0 Å². The Kier molecular flexibility index (Phi) is 3.57. The third-order valence-corrected chi connectivity index (χ3v) is 2.28. The van der Waals surface area contributed by atoms with Gasteiger partial charge in [0.1, 0.15) is 5.75 Å². The van der Waals surface area contributed by atoms with Crippen LogP contribution in [0, 0.1) is 6.92 Å². The molecule has 0 saturated heterocycles. The monoisotopic (exact) mass is 199 g/mol.